The van der Waals surface area contributed by atoms with Crippen LogP contribution in [0.25, 0.3) is 0 Å². The smallest absolute Gasteiger partial charge is 0.323 e. The minimum atomic E-state index is -0.360. The third-order valence-electron chi connectivity index (χ3n) is 3.04. The summed E-state index contributed by atoms with van der Waals surface area (Å²) in [4.78, 5) is 12.0. The summed E-state index contributed by atoms with van der Waals surface area (Å²) in [5.74, 6) is 0.720. The average molecular weight is 299 g/mol. The van der Waals surface area contributed by atoms with Gasteiger partial charge in [0.2, 0.25) is 0 Å². The molecule has 114 valence electrons. The number of carbonyl (C=O) groups excluding carboxylic acids is 1. The van der Waals surface area contributed by atoms with E-state index in [1.807, 2.05) is 0 Å². The number of methoxy groups -OCH3 is 1. The van der Waals surface area contributed by atoms with Gasteiger partial charge in [-0.2, -0.15) is 0 Å². The van der Waals surface area contributed by atoms with Gasteiger partial charge in [0.15, 0.2) is 0 Å². The molecule has 2 aromatic rings. The predicted molar refractivity (Wildman–Crippen MR) is 86.1 cm³/mol. The number of oxime groups is 1. The van der Waals surface area contributed by atoms with Crippen molar-refractivity contribution in [1.29, 1.82) is 0 Å². The number of hydrogen-bond acceptors (Lipinski definition) is 4. The molecule has 0 bridgehead atoms. The highest BCUT2D eigenvalue weighted by Gasteiger charge is 2.05. The number of rotatable bonds is 4. The number of anilines is 2. The van der Waals surface area contributed by atoms with Crippen LogP contribution < -0.4 is 15.4 Å². The van der Waals surface area contributed by atoms with Crippen molar-refractivity contribution in [3.05, 3.63) is 54.1 Å². The highest BCUT2D eigenvalue weighted by molar-refractivity contribution is 6.02. The number of ether oxygens (including phenoxy) is 1. The lowest BCUT2D eigenvalue weighted by molar-refractivity contribution is 0.262. The van der Waals surface area contributed by atoms with Crippen LogP contribution in [0, 0.1) is 0 Å². The molecule has 2 amide bonds. The second kappa shape index (κ2) is 7.12. The van der Waals surface area contributed by atoms with Crippen molar-refractivity contribution in [2.24, 2.45) is 5.16 Å². The summed E-state index contributed by atoms with van der Waals surface area (Å²) in [5.41, 5.74) is 2.46. The lowest BCUT2D eigenvalue weighted by atomic mass is 10.1. The maximum atomic E-state index is 12.0. The number of benzene rings is 2. The standard InChI is InChI=1S/C16H17N3O3/c1-11(19-21)12-4-3-5-14(10-12)18-16(20)17-13-6-8-15(22-2)9-7-13/h3-10,21H,1-2H3,(H2,17,18,20)/b19-11+. The van der Waals surface area contributed by atoms with E-state index < -0.39 is 0 Å². The Morgan fingerprint density at radius 1 is 1.09 bits per heavy atom. The maximum Gasteiger partial charge on any atom is 0.323 e. The van der Waals surface area contributed by atoms with Crippen LogP contribution in [-0.2, 0) is 0 Å². The zero-order chi connectivity index (χ0) is 15.9. The molecule has 6 heteroatoms. The van der Waals surface area contributed by atoms with Crippen molar-refractivity contribution in [2.45, 2.75) is 6.92 Å². The van der Waals surface area contributed by atoms with Gasteiger partial charge in [-0.15, -0.1) is 0 Å². The molecule has 0 atom stereocenters. The topological polar surface area (TPSA) is 83.0 Å². The minimum absolute atomic E-state index is 0.360. The van der Waals surface area contributed by atoms with Gasteiger partial charge in [-0.05, 0) is 43.3 Å². The lowest BCUT2D eigenvalue weighted by Gasteiger charge is -2.09. The highest BCUT2D eigenvalue weighted by atomic mass is 16.5. The van der Waals surface area contributed by atoms with Crippen LogP contribution >= 0.6 is 0 Å². The van der Waals surface area contributed by atoms with Crippen LogP contribution in [0.5, 0.6) is 5.75 Å². The summed E-state index contributed by atoms with van der Waals surface area (Å²) in [6.07, 6.45) is 0. The molecule has 3 N–H and O–H groups in total. The quantitative estimate of drug-likeness (QED) is 0.459. The summed E-state index contributed by atoms with van der Waals surface area (Å²) >= 11 is 0. The van der Waals surface area contributed by atoms with Gasteiger partial charge in [0.05, 0.1) is 12.8 Å². The zero-order valence-electron chi connectivity index (χ0n) is 12.3. The first-order valence-electron chi connectivity index (χ1n) is 6.63. The van der Waals surface area contributed by atoms with E-state index in [1.54, 1.807) is 62.6 Å². The van der Waals surface area contributed by atoms with E-state index in [9.17, 15) is 4.79 Å². The molecule has 6 nitrogen and oxygen atoms in total. The van der Waals surface area contributed by atoms with E-state index in [0.29, 0.717) is 17.1 Å². The summed E-state index contributed by atoms with van der Waals surface area (Å²) in [5, 5.41) is 17.4. The fourth-order valence-corrected chi connectivity index (χ4v) is 1.85. The molecule has 0 spiro atoms. The third kappa shape index (κ3) is 3.99. The first-order chi connectivity index (χ1) is 10.6. The van der Waals surface area contributed by atoms with E-state index in [2.05, 4.69) is 15.8 Å². The van der Waals surface area contributed by atoms with Gasteiger partial charge < -0.3 is 20.6 Å². The zero-order valence-corrected chi connectivity index (χ0v) is 12.3. The molecule has 0 aliphatic rings. The van der Waals surface area contributed by atoms with Gasteiger partial charge >= 0.3 is 6.03 Å². The minimum Gasteiger partial charge on any atom is -0.497 e. The Morgan fingerprint density at radius 2 is 1.77 bits per heavy atom. The fraction of sp³-hybridized carbons (Fsp3) is 0.125. The SMILES string of the molecule is COc1ccc(NC(=O)Nc2cccc(/C(C)=N/O)c2)cc1. The number of hydrogen-bond donors (Lipinski definition) is 3. The molecule has 0 fully saturated rings. The molecule has 0 heterocycles. The normalized spacial score (nSPS) is 10.9. The van der Waals surface area contributed by atoms with E-state index >= 15 is 0 Å². The molecule has 0 unspecified atom stereocenters. The molecule has 0 aliphatic carbocycles. The summed E-state index contributed by atoms with van der Waals surface area (Å²) in [7, 11) is 1.58. The van der Waals surface area contributed by atoms with Crippen molar-refractivity contribution < 1.29 is 14.7 Å². The van der Waals surface area contributed by atoms with E-state index in [1.165, 1.54) is 0 Å². The number of nitrogens with one attached hydrogen (secondary N) is 2. The summed E-state index contributed by atoms with van der Waals surface area (Å²) in [6, 6.07) is 13.7. The van der Waals surface area contributed by atoms with Gasteiger partial charge in [-0.25, -0.2) is 4.79 Å². The molecule has 2 rings (SSSR count). The second-order valence-electron chi connectivity index (χ2n) is 4.57. The van der Waals surface area contributed by atoms with Gasteiger partial charge in [0.1, 0.15) is 5.75 Å². The van der Waals surface area contributed by atoms with E-state index in [-0.39, 0.29) is 6.03 Å². The van der Waals surface area contributed by atoms with Gasteiger partial charge in [-0.3, -0.25) is 0 Å². The highest BCUT2D eigenvalue weighted by Crippen LogP contribution is 2.16. The van der Waals surface area contributed by atoms with E-state index in [0.717, 1.165) is 11.3 Å². The largest absolute Gasteiger partial charge is 0.497 e. The first-order valence-corrected chi connectivity index (χ1v) is 6.63. The van der Waals surface area contributed by atoms with Crippen molar-refractivity contribution in [3.63, 3.8) is 0 Å². The van der Waals surface area contributed by atoms with Crippen LogP contribution in [0.15, 0.2) is 53.7 Å². The van der Waals surface area contributed by atoms with Gasteiger partial charge in [0, 0.05) is 16.9 Å². The molecular weight excluding hydrogens is 282 g/mol. The number of nitrogens with zero attached hydrogens (tertiary/aromatic N) is 1. The average Bonchev–Trinajstić information content (AvgIpc) is 2.55. The van der Waals surface area contributed by atoms with Crippen LogP contribution in [0.3, 0.4) is 0 Å². The molecule has 0 aliphatic heterocycles. The molecule has 0 saturated heterocycles. The van der Waals surface area contributed by atoms with Crippen molar-refractivity contribution in [2.75, 3.05) is 17.7 Å². The Hall–Kier alpha value is -3.02. The Labute approximate surface area is 128 Å². The van der Waals surface area contributed by atoms with Crippen LogP contribution in [0.1, 0.15) is 12.5 Å². The predicted octanol–water partition coefficient (Wildman–Crippen LogP) is 3.54. The number of amides is 2. The van der Waals surface area contributed by atoms with E-state index in [4.69, 9.17) is 9.94 Å². The maximum absolute atomic E-state index is 12.0. The van der Waals surface area contributed by atoms with Crippen molar-refractivity contribution in [1.82, 2.24) is 0 Å². The van der Waals surface area contributed by atoms with Crippen molar-refractivity contribution >= 4 is 23.1 Å². The van der Waals surface area contributed by atoms with Crippen molar-refractivity contribution in [3.8, 4) is 5.75 Å². The summed E-state index contributed by atoms with van der Waals surface area (Å²) in [6.45, 7) is 1.68. The number of carbonyl (C=O) groups is 1. The molecule has 2 aromatic carbocycles. The van der Waals surface area contributed by atoms with Gasteiger partial charge in [-0.1, -0.05) is 17.3 Å². The Morgan fingerprint density at radius 3 is 2.41 bits per heavy atom. The molecule has 22 heavy (non-hydrogen) atoms. The van der Waals surface area contributed by atoms with Crippen LogP contribution in [-0.4, -0.2) is 24.1 Å². The monoisotopic (exact) mass is 299 g/mol. The molecule has 0 radical (unpaired) electrons. The Balaban J connectivity index is 2.02. The molecular formula is C16H17N3O3. The number of urea groups is 1. The fourth-order valence-electron chi connectivity index (χ4n) is 1.85. The second-order valence-corrected chi connectivity index (χ2v) is 4.57. The Bertz CT molecular complexity index is 681. The lowest BCUT2D eigenvalue weighted by Crippen LogP contribution is -2.19. The summed E-state index contributed by atoms with van der Waals surface area (Å²) < 4.78 is 5.06. The van der Waals surface area contributed by atoms with Crippen LogP contribution in [0.2, 0.25) is 0 Å². The third-order valence-corrected chi connectivity index (χ3v) is 3.04. The first kappa shape index (κ1) is 15.4. The molecule has 0 saturated carbocycles. The van der Waals surface area contributed by atoms with Crippen LogP contribution in [0.4, 0.5) is 16.2 Å². The molecule has 0 aromatic heterocycles. The van der Waals surface area contributed by atoms with Gasteiger partial charge in [0.25, 0.3) is 0 Å². The Kier molecular flexibility index (Phi) is 4.98.